The molecule has 7 heteroatoms. The van der Waals surface area contributed by atoms with Crippen molar-refractivity contribution < 1.29 is 17.9 Å². The molecule has 0 unspecified atom stereocenters. The molecule has 0 spiro atoms. The lowest BCUT2D eigenvalue weighted by molar-refractivity contribution is -0.114. The van der Waals surface area contributed by atoms with Crippen molar-refractivity contribution in [1.82, 2.24) is 0 Å². The van der Waals surface area contributed by atoms with Gasteiger partial charge in [-0.3, -0.25) is 9.10 Å². The van der Waals surface area contributed by atoms with Gasteiger partial charge in [0.25, 0.3) is 10.0 Å². The molecule has 4 rings (SSSR count). The van der Waals surface area contributed by atoms with Gasteiger partial charge < -0.3 is 10.1 Å². The Labute approximate surface area is 205 Å². The minimum Gasteiger partial charge on any atom is -0.495 e. The van der Waals surface area contributed by atoms with E-state index >= 15 is 0 Å². The quantitative estimate of drug-likeness (QED) is 0.357. The van der Waals surface area contributed by atoms with Crippen LogP contribution in [0.25, 0.3) is 11.1 Å². The van der Waals surface area contributed by atoms with Crippen LogP contribution in [0, 0.1) is 6.92 Å². The molecule has 0 saturated heterocycles. The second-order valence-corrected chi connectivity index (χ2v) is 9.82. The molecule has 1 amide bonds. The standard InChI is InChI=1S/C28H26N2O4S/c1-21-16-18-23(19-17-21)35(32,33)30(26-14-8-9-15-27(26)34-2)20-28(31)29-25-13-7-6-12-24(25)22-10-4-3-5-11-22/h3-19H,20H2,1-2H3,(H,29,31). The molecule has 6 nitrogen and oxygen atoms in total. The van der Waals surface area contributed by atoms with Crippen LogP contribution in [-0.4, -0.2) is 28.0 Å². The number of carbonyl (C=O) groups excluding carboxylic acids is 1. The molecule has 0 aliphatic heterocycles. The average Bonchev–Trinajstić information content (AvgIpc) is 2.88. The first-order valence-corrected chi connectivity index (χ1v) is 12.5. The maximum Gasteiger partial charge on any atom is 0.264 e. The number of aryl methyl sites for hydroxylation is 1. The highest BCUT2D eigenvalue weighted by Crippen LogP contribution is 2.33. The van der Waals surface area contributed by atoms with E-state index in [1.54, 1.807) is 42.5 Å². The molecular weight excluding hydrogens is 460 g/mol. The summed E-state index contributed by atoms with van der Waals surface area (Å²) in [7, 11) is -2.60. The lowest BCUT2D eigenvalue weighted by atomic mass is 10.0. The molecule has 0 saturated carbocycles. The van der Waals surface area contributed by atoms with Crippen LogP contribution >= 0.6 is 0 Å². The van der Waals surface area contributed by atoms with Crippen molar-refractivity contribution in [1.29, 1.82) is 0 Å². The third-order valence-corrected chi connectivity index (χ3v) is 7.31. The largest absolute Gasteiger partial charge is 0.495 e. The van der Waals surface area contributed by atoms with Crippen LogP contribution in [0.5, 0.6) is 5.75 Å². The van der Waals surface area contributed by atoms with E-state index in [0.717, 1.165) is 21.0 Å². The number of nitrogens with one attached hydrogen (secondary N) is 1. The van der Waals surface area contributed by atoms with Crippen molar-refractivity contribution in [2.75, 3.05) is 23.3 Å². The zero-order valence-electron chi connectivity index (χ0n) is 19.5. The third-order valence-electron chi connectivity index (χ3n) is 5.54. The van der Waals surface area contributed by atoms with Gasteiger partial charge in [0.1, 0.15) is 12.3 Å². The first-order chi connectivity index (χ1) is 16.9. The highest BCUT2D eigenvalue weighted by Gasteiger charge is 2.29. The monoisotopic (exact) mass is 486 g/mol. The number of sulfonamides is 1. The second-order valence-electron chi connectivity index (χ2n) is 7.96. The number of carbonyl (C=O) groups is 1. The van der Waals surface area contributed by atoms with Crippen molar-refractivity contribution in [2.24, 2.45) is 0 Å². The molecule has 0 aliphatic carbocycles. The summed E-state index contributed by atoms with van der Waals surface area (Å²) in [4.78, 5) is 13.3. The minimum atomic E-state index is -4.06. The van der Waals surface area contributed by atoms with Crippen LogP contribution in [0.15, 0.2) is 108 Å². The molecule has 0 aliphatic rings. The van der Waals surface area contributed by atoms with E-state index in [-0.39, 0.29) is 10.6 Å². The molecule has 4 aromatic rings. The van der Waals surface area contributed by atoms with E-state index in [9.17, 15) is 13.2 Å². The SMILES string of the molecule is COc1ccccc1N(CC(=O)Nc1ccccc1-c1ccccc1)S(=O)(=O)c1ccc(C)cc1. The number of benzene rings is 4. The zero-order valence-corrected chi connectivity index (χ0v) is 20.3. The van der Waals surface area contributed by atoms with Gasteiger partial charge in [0.2, 0.25) is 5.91 Å². The number of amides is 1. The van der Waals surface area contributed by atoms with E-state index in [2.05, 4.69) is 5.32 Å². The molecule has 35 heavy (non-hydrogen) atoms. The van der Waals surface area contributed by atoms with Gasteiger partial charge in [-0.2, -0.15) is 0 Å². The van der Waals surface area contributed by atoms with E-state index in [0.29, 0.717) is 11.4 Å². The van der Waals surface area contributed by atoms with Crippen LogP contribution in [-0.2, 0) is 14.8 Å². The Kier molecular flexibility index (Phi) is 7.17. The molecule has 1 N–H and O–H groups in total. The Morgan fingerprint density at radius 1 is 0.829 bits per heavy atom. The lowest BCUT2D eigenvalue weighted by Gasteiger charge is -2.26. The van der Waals surface area contributed by atoms with Gasteiger partial charge in [0.15, 0.2) is 0 Å². The van der Waals surface area contributed by atoms with Gasteiger partial charge in [-0.1, -0.05) is 78.4 Å². The van der Waals surface area contributed by atoms with Crippen LogP contribution < -0.4 is 14.4 Å². The summed E-state index contributed by atoms with van der Waals surface area (Å²) in [5.41, 5.74) is 3.59. The highest BCUT2D eigenvalue weighted by atomic mass is 32.2. The van der Waals surface area contributed by atoms with Gasteiger partial charge in [-0.05, 0) is 42.8 Å². The van der Waals surface area contributed by atoms with Gasteiger partial charge in [-0.25, -0.2) is 8.42 Å². The van der Waals surface area contributed by atoms with Gasteiger partial charge in [-0.15, -0.1) is 0 Å². The summed E-state index contributed by atoms with van der Waals surface area (Å²) in [6, 6.07) is 30.3. The lowest BCUT2D eigenvalue weighted by Crippen LogP contribution is -2.38. The average molecular weight is 487 g/mol. The van der Waals surface area contributed by atoms with Crippen molar-refractivity contribution in [3.63, 3.8) is 0 Å². The number of hydrogen-bond donors (Lipinski definition) is 1. The van der Waals surface area contributed by atoms with E-state index in [4.69, 9.17) is 4.74 Å². The minimum absolute atomic E-state index is 0.0893. The van der Waals surface area contributed by atoms with Crippen molar-refractivity contribution in [2.45, 2.75) is 11.8 Å². The molecule has 0 heterocycles. The second kappa shape index (κ2) is 10.4. The normalized spacial score (nSPS) is 11.0. The first-order valence-electron chi connectivity index (χ1n) is 11.1. The van der Waals surface area contributed by atoms with Crippen LogP contribution in [0.4, 0.5) is 11.4 Å². The molecule has 0 bridgehead atoms. The van der Waals surface area contributed by atoms with Crippen LogP contribution in [0.3, 0.4) is 0 Å². The number of rotatable bonds is 8. The number of para-hydroxylation sites is 3. The number of methoxy groups -OCH3 is 1. The summed E-state index contributed by atoms with van der Waals surface area (Å²) < 4.78 is 33.9. The Hall–Kier alpha value is -4.10. The number of hydrogen-bond acceptors (Lipinski definition) is 4. The van der Waals surface area contributed by atoms with Crippen LogP contribution in [0.1, 0.15) is 5.56 Å². The van der Waals surface area contributed by atoms with E-state index in [1.807, 2.05) is 55.5 Å². The fourth-order valence-corrected chi connectivity index (χ4v) is 5.19. The summed E-state index contributed by atoms with van der Waals surface area (Å²) in [5.74, 6) is -0.129. The number of ether oxygens (including phenoxy) is 1. The highest BCUT2D eigenvalue weighted by molar-refractivity contribution is 7.92. The maximum absolute atomic E-state index is 13.7. The Balaban J connectivity index is 1.70. The summed E-state index contributed by atoms with van der Waals surface area (Å²) in [6.45, 7) is 1.45. The van der Waals surface area contributed by atoms with Gasteiger partial charge in [0, 0.05) is 11.3 Å². The summed E-state index contributed by atoms with van der Waals surface area (Å²) >= 11 is 0. The molecular formula is C28H26N2O4S. The van der Waals surface area contributed by atoms with Crippen LogP contribution in [0.2, 0.25) is 0 Å². The zero-order chi connectivity index (χ0) is 24.8. The molecule has 4 aromatic carbocycles. The molecule has 0 atom stereocenters. The topological polar surface area (TPSA) is 75.7 Å². The van der Waals surface area contributed by atoms with Gasteiger partial charge >= 0.3 is 0 Å². The van der Waals surface area contributed by atoms with Gasteiger partial charge in [0.05, 0.1) is 17.7 Å². The van der Waals surface area contributed by atoms with E-state index in [1.165, 1.54) is 19.2 Å². The molecule has 178 valence electrons. The Bertz CT molecular complexity index is 1420. The Morgan fingerprint density at radius 3 is 2.17 bits per heavy atom. The summed E-state index contributed by atoms with van der Waals surface area (Å²) in [6.07, 6.45) is 0. The Morgan fingerprint density at radius 2 is 1.46 bits per heavy atom. The van der Waals surface area contributed by atoms with Crippen molar-refractivity contribution >= 4 is 27.3 Å². The smallest absolute Gasteiger partial charge is 0.264 e. The fraction of sp³-hybridized carbons (Fsp3) is 0.107. The predicted molar refractivity (Wildman–Crippen MR) is 139 cm³/mol. The fourth-order valence-electron chi connectivity index (χ4n) is 3.75. The molecule has 0 radical (unpaired) electrons. The summed E-state index contributed by atoms with van der Waals surface area (Å²) in [5, 5.41) is 2.89. The molecule has 0 aromatic heterocycles. The third kappa shape index (κ3) is 5.36. The number of nitrogens with zero attached hydrogens (tertiary/aromatic N) is 1. The van der Waals surface area contributed by atoms with E-state index < -0.39 is 22.5 Å². The number of anilines is 2. The maximum atomic E-state index is 13.7. The molecule has 0 fully saturated rings. The van der Waals surface area contributed by atoms with Crippen molar-refractivity contribution in [3.8, 4) is 16.9 Å². The van der Waals surface area contributed by atoms with Crippen molar-refractivity contribution in [3.05, 3.63) is 109 Å². The first kappa shape index (κ1) is 24.0. The predicted octanol–water partition coefficient (Wildman–Crippen LogP) is 5.50.